The Labute approximate surface area is 701 Å². The van der Waals surface area contributed by atoms with Crippen LogP contribution in [0.2, 0.25) is 0 Å². The molecule has 4 atom stereocenters. The molecule has 1 heterocycles. The van der Waals surface area contributed by atoms with E-state index in [1.54, 1.807) is 7.05 Å². The lowest BCUT2D eigenvalue weighted by atomic mass is 9.89. The molecule has 1 unspecified atom stereocenters. The molecule has 1 amide bonds. The normalized spacial score (nSPS) is 14.9. The maximum absolute atomic E-state index is 13.3. The first-order valence-electron chi connectivity index (χ1n) is 44.7. The van der Waals surface area contributed by atoms with Crippen LogP contribution in [-0.4, -0.2) is 356 Å². The highest BCUT2D eigenvalue weighted by Gasteiger charge is 2.50. The molecule has 117 heavy (non-hydrogen) atoms. The monoisotopic (exact) mass is 1690 g/mol. The topological polar surface area (TPSA) is 336 Å². The first-order valence-corrected chi connectivity index (χ1v) is 44.7. The fourth-order valence-electron chi connectivity index (χ4n) is 13.0. The number of carboxylic acid groups (broad SMARTS) is 1. The molecule has 0 spiro atoms. The van der Waals surface area contributed by atoms with Crippen molar-refractivity contribution in [1.82, 2.24) is 20.3 Å². The third-order valence-corrected chi connectivity index (χ3v) is 19.6. The summed E-state index contributed by atoms with van der Waals surface area (Å²) in [5.74, 6) is 1.52. The molecular formula is C85H160N4O28. The van der Waals surface area contributed by atoms with Crippen LogP contribution in [0.15, 0.2) is 0 Å². The summed E-state index contributed by atoms with van der Waals surface area (Å²) < 4.78 is 136. The van der Waals surface area contributed by atoms with E-state index >= 15 is 0 Å². The fourth-order valence-corrected chi connectivity index (χ4v) is 13.0. The number of nitrogens with zero attached hydrogens (tertiary/aromatic N) is 3. The molecular weight excluding hydrogens is 1520 g/mol. The third-order valence-electron chi connectivity index (χ3n) is 19.6. The largest absolute Gasteiger partial charge is 0.481 e. The van der Waals surface area contributed by atoms with E-state index in [-0.39, 0.29) is 18.4 Å². The zero-order chi connectivity index (χ0) is 83.2. The van der Waals surface area contributed by atoms with E-state index in [0.29, 0.717) is 347 Å². The van der Waals surface area contributed by atoms with Crippen molar-refractivity contribution in [3.8, 4) is 0 Å². The van der Waals surface area contributed by atoms with Crippen LogP contribution >= 0.6 is 0 Å². The highest BCUT2D eigenvalue weighted by atomic mass is 16.6. The number of unbranched alkanes of at least 4 members (excludes halogenated alkanes) is 15. The van der Waals surface area contributed by atoms with Crippen LogP contribution in [0.3, 0.4) is 0 Å². The smallest absolute Gasteiger partial charge is 0.406 e. The van der Waals surface area contributed by atoms with Crippen LogP contribution in [0.25, 0.3) is 0 Å². The van der Waals surface area contributed by atoms with Gasteiger partial charge in [0, 0.05) is 32.4 Å². The lowest BCUT2D eigenvalue weighted by Crippen LogP contribution is -2.20. The number of hydrogen-bond acceptors (Lipinski definition) is 29. The van der Waals surface area contributed by atoms with Gasteiger partial charge in [-0.15, -0.1) is 5.10 Å². The summed E-state index contributed by atoms with van der Waals surface area (Å²) in [6, 6.07) is 0. The summed E-state index contributed by atoms with van der Waals surface area (Å²) in [6.45, 7) is 25.7. The van der Waals surface area contributed by atoms with Gasteiger partial charge in [-0.25, -0.2) is 9.48 Å². The molecule has 2 aliphatic carbocycles. The number of aryl methyl sites for hydroxylation is 1. The van der Waals surface area contributed by atoms with Crippen molar-refractivity contribution in [3.63, 3.8) is 0 Å². The second kappa shape index (κ2) is 86.2. The predicted molar refractivity (Wildman–Crippen MR) is 440 cm³/mol. The number of carboxylic acids is 1. The Balaban J connectivity index is 0.881. The number of amides is 1. The van der Waals surface area contributed by atoms with Crippen LogP contribution in [0, 0.1) is 23.7 Å². The molecule has 0 radical (unpaired) electrons. The van der Waals surface area contributed by atoms with Gasteiger partial charge in [-0.1, -0.05) is 115 Å². The van der Waals surface area contributed by atoms with E-state index in [4.69, 9.17) is 119 Å². The van der Waals surface area contributed by atoms with Crippen LogP contribution in [0.4, 0.5) is 4.79 Å². The van der Waals surface area contributed by atoms with Gasteiger partial charge < -0.3 is 124 Å². The van der Waals surface area contributed by atoms with Gasteiger partial charge in [-0.2, -0.15) is 0 Å². The van der Waals surface area contributed by atoms with Crippen LogP contribution in [0.5, 0.6) is 0 Å². The summed E-state index contributed by atoms with van der Waals surface area (Å²) in [5.41, 5.74) is 2.28. The van der Waals surface area contributed by atoms with E-state index in [1.165, 1.54) is 82.7 Å². The van der Waals surface area contributed by atoms with Crippen LogP contribution in [-0.2, 0) is 143 Å². The van der Waals surface area contributed by atoms with Gasteiger partial charge in [0.2, 0.25) is 0 Å². The lowest BCUT2D eigenvalue weighted by molar-refractivity contribution is -0.137. The van der Waals surface area contributed by atoms with Gasteiger partial charge in [0.15, 0.2) is 0 Å². The van der Waals surface area contributed by atoms with Gasteiger partial charge in [0.25, 0.3) is 0 Å². The minimum absolute atomic E-state index is 0.166. The first kappa shape index (κ1) is 108. The highest BCUT2D eigenvalue weighted by molar-refractivity contribution is 5.80. The minimum Gasteiger partial charge on any atom is -0.481 e. The molecule has 3 rings (SSSR count). The number of alkyl carbamates (subject to hydrolysis) is 1. The predicted octanol–water partition coefficient (Wildman–Crippen LogP) is 9.63. The molecule has 2 N–H and O–H groups in total. The maximum Gasteiger partial charge on any atom is 0.406 e. The van der Waals surface area contributed by atoms with Crippen molar-refractivity contribution in [2.75, 3.05) is 318 Å². The Morgan fingerprint density at radius 1 is 0.342 bits per heavy atom. The Morgan fingerprint density at radius 3 is 0.897 bits per heavy atom. The molecule has 1 saturated carbocycles. The number of nitrogens with one attached hydrogen (secondary N) is 1. The second-order valence-corrected chi connectivity index (χ2v) is 28.9. The van der Waals surface area contributed by atoms with Gasteiger partial charge in [0.05, 0.1) is 322 Å². The van der Waals surface area contributed by atoms with Crippen LogP contribution in [0.1, 0.15) is 172 Å². The van der Waals surface area contributed by atoms with E-state index in [1.807, 2.05) is 4.68 Å². The lowest BCUT2D eigenvalue weighted by Gasteiger charge is -2.16. The Morgan fingerprint density at radius 2 is 0.607 bits per heavy atom. The van der Waals surface area contributed by atoms with Crippen molar-refractivity contribution < 1.29 is 133 Å². The van der Waals surface area contributed by atoms with Crippen molar-refractivity contribution in [3.05, 3.63) is 11.4 Å². The zero-order valence-corrected chi connectivity index (χ0v) is 72.4. The fraction of sp³-hybridized carbons (Fsp3) is 0.941. The number of carbonyl (C=O) groups is 3. The second-order valence-electron chi connectivity index (χ2n) is 28.9. The average Bonchev–Trinajstić information content (AvgIpc) is 1.61. The van der Waals surface area contributed by atoms with Gasteiger partial charge in [-0.05, 0) is 69.1 Å². The number of Topliss-reactive ketones (excluding diaryl/α,β-unsaturated/α-hetero) is 1. The maximum atomic E-state index is 13.3. The standard InChI is InChI=1S/C85H160N4O28/c1-3-4-5-6-7-8-11-14-17-21-77(22-18-15-12-9-10-13-16-19-24-84(91)92)83(90)23-20-30-94-32-34-96-36-38-98-40-42-100-44-46-102-48-50-104-52-54-106-56-58-108-60-62-110-64-66-112-68-70-114-72-74-116-75-73-115-71-69-113-67-65-111-63-61-109-59-57-107-55-53-105-51-49-103-47-45-101-43-41-99-39-37-97-35-33-95-31-29-89-82-28-26-79-78(25-27-81(82)87-88-89)80(79)76-117-85(93)86-2/h77-80H,3-76H2,1-2H3,(H,86,93)(H,91,92)/t77?,78-,79+,80-/m1/s1. The van der Waals surface area contributed by atoms with E-state index < -0.39 is 5.97 Å². The number of aromatic nitrogens is 3. The average molecular weight is 1690 g/mol. The Hall–Kier alpha value is -3.37. The molecule has 32 nitrogen and oxygen atoms in total. The number of rotatable bonds is 97. The molecule has 2 aliphatic rings. The van der Waals surface area contributed by atoms with E-state index in [2.05, 4.69) is 22.6 Å². The summed E-state index contributed by atoms with van der Waals surface area (Å²) in [6.07, 6.45) is 27.5. The number of hydrogen-bond donors (Lipinski definition) is 2. The van der Waals surface area contributed by atoms with Gasteiger partial charge >= 0.3 is 12.1 Å². The molecule has 1 aromatic heterocycles. The summed E-state index contributed by atoms with van der Waals surface area (Å²) in [4.78, 5) is 35.5. The molecule has 0 saturated heterocycles. The molecule has 1 fully saturated rings. The number of ketones is 1. The molecule has 688 valence electrons. The Bertz CT molecular complexity index is 2280. The van der Waals surface area contributed by atoms with E-state index in [0.717, 1.165) is 82.7 Å². The van der Waals surface area contributed by atoms with Crippen molar-refractivity contribution >= 4 is 17.8 Å². The van der Waals surface area contributed by atoms with Crippen molar-refractivity contribution in [2.24, 2.45) is 23.7 Å². The SMILES string of the molecule is CCCCCCCCCCCC(CCCCCCCCCCC(=O)O)C(=O)CCCOCCOCCOCCOCCOCCOCCOCCOCCOCCOCCOCCOCCOCCOCCOCCOCCOCCOCCOCCOCCOCCOCCOCCn1nnc2c1CC[C@H]1[C@@H](CC2)[C@H]1COC(=O)NC. The number of ether oxygens (including phenoxy) is 24. The van der Waals surface area contributed by atoms with E-state index in [9.17, 15) is 14.4 Å². The van der Waals surface area contributed by atoms with Gasteiger partial charge in [0.1, 0.15) is 5.78 Å². The molecule has 0 aromatic carbocycles. The molecule has 0 aliphatic heterocycles. The number of carbonyl (C=O) groups excluding carboxylic acids is 2. The van der Waals surface area contributed by atoms with Crippen LogP contribution < -0.4 is 5.32 Å². The minimum atomic E-state index is -0.702. The number of aliphatic carboxylic acids is 1. The van der Waals surface area contributed by atoms with Crippen molar-refractivity contribution in [1.29, 1.82) is 0 Å². The van der Waals surface area contributed by atoms with Gasteiger partial charge in [-0.3, -0.25) is 9.59 Å². The highest BCUT2D eigenvalue weighted by Crippen LogP contribution is 2.53. The molecule has 32 heteroatoms. The number of fused-ring (bicyclic) bond motifs is 2. The molecule has 0 bridgehead atoms. The summed E-state index contributed by atoms with van der Waals surface area (Å²) >= 11 is 0. The van der Waals surface area contributed by atoms with Crippen molar-refractivity contribution in [2.45, 2.75) is 180 Å². The quantitative estimate of drug-likeness (QED) is 0.0573. The third kappa shape index (κ3) is 70.7. The Kier molecular flexibility index (Phi) is 79.4. The molecule has 1 aromatic rings. The summed E-state index contributed by atoms with van der Waals surface area (Å²) in [5, 5.41) is 20.2. The summed E-state index contributed by atoms with van der Waals surface area (Å²) in [7, 11) is 1.58. The zero-order valence-electron chi connectivity index (χ0n) is 72.4. The first-order chi connectivity index (χ1) is 57.9.